The maximum absolute atomic E-state index is 12.5. The summed E-state index contributed by atoms with van der Waals surface area (Å²) in [6.07, 6.45) is 0.904. The highest BCUT2D eigenvalue weighted by atomic mass is 32.1. The predicted molar refractivity (Wildman–Crippen MR) is 80.5 cm³/mol. The van der Waals surface area contributed by atoms with Gasteiger partial charge in [0.05, 0.1) is 18.0 Å². The average molecular weight is 287 g/mol. The zero-order valence-corrected chi connectivity index (χ0v) is 12.4. The van der Waals surface area contributed by atoms with E-state index in [2.05, 4.69) is 13.0 Å². The van der Waals surface area contributed by atoms with Crippen LogP contribution in [0, 0.1) is 0 Å². The van der Waals surface area contributed by atoms with Gasteiger partial charge in [-0.1, -0.05) is 12.1 Å². The van der Waals surface area contributed by atoms with E-state index in [-0.39, 0.29) is 11.9 Å². The molecule has 4 heteroatoms. The first kappa shape index (κ1) is 13.2. The molecule has 0 radical (unpaired) electrons. The molecule has 3 rings (SSSR count). The summed E-state index contributed by atoms with van der Waals surface area (Å²) in [5, 5.41) is 1.94. The number of ether oxygens (including phenoxy) is 1. The zero-order valence-electron chi connectivity index (χ0n) is 11.6. The van der Waals surface area contributed by atoms with Crippen molar-refractivity contribution in [3.8, 4) is 5.75 Å². The van der Waals surface area contributed by atoms with Gasteiger partial charge in [-0.2, -0.15) is 0 Å². The number of rotatable bonds is 2. The number of methoxy groups -OCH3 is 1. The van der Waals surface area contributed by atoms with Crippen LogP contribution in [0.4, 0.5) is 0 Å². The van der Waals surface area contributed by atoms with Crippen molar-refractivity contribution in [3.63, 3.8) is 0 Å². The Morgan fingerprint density at radius 1 is 1.40 bits per heavy atom. The molecule has 0 aliphatic carbocycles. The summed E-state index contributed by atoms with van der Waals surface area (Å²) in [7, 11) is 1.67. The van der Waals surface area contributed by atoms with Crippen LogP contribution in [0.2, 0.25) is 0 Å². The monoisotopic (exact) mass is 287 g/mol. The van der Waals surface area contributed by atoms with E-state index >= 15 is 0 Å². The van der Waals surface area contributed by atoms with Crippen LogP contribution in [0.3, 0.4) is 0 Å². The number of benzene rings is 1. The Kier molecular flexibility index (Phi) is 3.49. The molecule has 3 nitrogen and oxygen atoms in total. The van der Waals surface area contributed by atoms with Crippen LogP contribution in [0.1, 0.15) is 33.8 Å². The van der Waals surface area contributed by atoms with Crippen molar-refractivity contribution in [1.82, 2.24) is 4.90 Å². The van der Waals surface area contributed by atoms with E-state index in [1.54, 1.807) is 7.11 Å². The lowest BCUT2D eigenvalue weighted by atomic mass is 9.93. The average Bonchev–Trinajstić information content (AvgIpc) is 3.01. The highest BCUT2D eigenvalue weighted by Gasteiger charge is 2.28. The summed E-state index contributed by atoms with van der Waals surface area (Å²) in [5.74, 6) is 0.974. The minimum absolute atomic E-state index is 0.0865. The van der Waals surface area contributed by atoms with Gasteiger partial charge in [-0.15, -0.1) is 11.3 Å². The highest BCUT2D eigenvalue weighted by molar-refractivity contribution is 7.12. The number of hydrogen-bond donors (Lipinski definition) is 0. The maximum Gasteiger partial charge on any atom is 0.264 e. The summed E-state index contributed by atoms with van der Waals surface area (Å²) < 4.78 is 5.30. The van der Waals surface area contributed by atoms with Crippen molar-refractivity contribution in [3.05, 3.63) is 51.7 Å². The predicted octanol–water partition coefficient (Wildman–Crippen LogP) is 3.52. The SMILES string of the molecule is COc1ccc2c(c1)C(C)N(C(=O)c1cccs1)CC2. The third kappa shape index (κ3) is 2.20. The van der Waals surface area contributed by atoms with Crippen LogP contribution in [0.25, 0.3) is 0 Å². The van der Waals surface area contributed by atoms with Gasteiger partial charge in [-0.25, -0.2) is 0 Å². The second-order valence-electron chi connectivity index (χ2n) is 4.97. The Morgan fingerprint density at radius 2 is 2.25 bits per heavy atom. The van der Waals surface area contributed by atoms with E-state index in [0.29, 0.717) is 0 Å². The van der Waals surface area contributed by atoms with Gasteiger partial charge in [-0.05, 0) is 48.1 Å². The van der Waals surface area contributed by atoms with E-state index in [4.69, 9.17) is 4.74 Å². The summed E-state index contributed by atoms with van der Waals surface area (Å²) >= 11 is 1.50. The molecule has 20 heavy (non-hydrogen) atoms. The van der Waals surface area contributed by atoms with Gasteiger partial charge in [-0.3, -0.25) is 4.79 Å². The number of carbonyl (C=O) groups excluding carboxylic acids is 1. The fraction of sp³-hybridized carbons (Fsp3) is 0.312. The molecule has 0 bridgehead atoms. The summed E-state index contributed by atoms with van der Waals surface area (Å²) in [5.41, 5.74) is 2.51. The van der Waals surface area contributed by atoms with Crippen molar-refractivity contribution in [2.45, 2.75) is 19.4 Å². The number of hydrogen-bond acceptors (Lipinski definition) is 3. The molecule has 0 N–H and O–H groups in total. The van der Waals surface area contributed by atoms with Crippen molar-refractivity contribution < 1.29 is 9.53 Å². The highest BCUT2D eigenvalue weighted by Crippen LogP contribution is 2.33. The summed E-state index contributed by atoms with van der Waals surface area (Å²) in [6.45, 7) is 2.86. The van der Waals surface area contributed by atoms with Crippen molar-refractivity contribution >= 4 is 17.2 Å². The molecule has 0 saturated carbocycles. The van der Waals surface area contributed by atoms with Crippen LogP contribution >= 0.6 is 11.3 Å². The molecule has 104 valence electrons. The number of thiophene rings is 1. The minimum Gasteiger partial charge on any atom is -0.497 e. The second-order valence-corrected chi connectivity index (χ2v) is 5.91. The summed E-state index contributed by atoms with van der Waals surface area (Å²) in [6, 6.07) is 10.0. The first-order valence-corrected chi connectivity index (χ1v) is 7.60. The van der Waals surface area contributed by atoms with Crippen LogP contribution in [-0.4, -0.2) is 24.5 Å². The molecule has 1 aromatic carbocycles. The molecule has 1 atom stereocenters. The van der Waals surface area contributed by atoms with E-state index in [0.717, 1.165) is 23.6 Å². The molecule has 1 aliphatic heterocycles. The molecule has 0 saturated heterocycles. The van der Waals surface area contributed by atoms with E-state index in [9.17, 15) is 4.79 Å². The van der Waals surface area contributed by atoms with Crippen molar-refractivity contribution in [2.75, 3.05) is 13.7 Å². The van der Waals surface area contributed by atoms with Gasteiger partial charge in [0.25, 0.3) is 5.91 Å². The van der Waals surface area contributed by atoms with E-state index in [1.165, 1.54) is 22.5 Å². The third-order valence-electron chi connectivity index (χ3n) is 3.89. The lowest BCUT2D eigenvalue weighted by Crippen LogP contribution is -2.38. The Labute approximate surface area is 122 Å². The molecular weight excluding hydrogens is 270 g/mol. The first-order valence-electron chi connectivity index (χ1n) is 6.72. The van der Waals surface area contributed by atoms with Gasteiger partial charge >= 0.3 is 0 Å². The molecule has 1 unspecified atom stereocenters. The topological polar surface area (TPSA) is 29.5 Å². The van der Waals surface area contributed by atoms with Gasteiger partial charge in [0, 0.05) is 6.54 Å². The standard InChI is InChI=1S/C16H17NO2S/c1-11-14-10-13(19-2)6-5-12(14)7-8-17(11)16(18)15-4-3-9-20-15/h3-6,9-11H,7-8H2,1-2H3. The fourth-order valence-corrected chi connectivity index (χ4v) is 3.42. The second kappa shape index (κ2) is 5.29. The van der Waals surface area contributed by atoms with Gasteiger partial charge in [0.1, 0.15) is 5.75 Å². The van der Waals surface area contributed by atoms with Crippen LogP contribution in [0.15, 0.2) is 35.7 Å². The molecule has 1 aliphatic rings. The number of fused-ring (bicyclic) bond motifs is 1. The normalized spacial score (nSPS) is 17.7. The lowest BCUT2D eigenvalue weighted by Gasteiger charge is -2.35. The molecule has 0 fully saturated rings. The Morgan fingerprint density at radius 3 is 2.95 bits per heavy atom. The van der Waals surface area contributed by atoms with Crippen molar-refractivity contribution in [2.24, 2.45) is 0 Å². The Balaban J connectivity index is 1.92. The fourth-order valence-electron chi connectivity index (χ4n) is 2.74. The molecule has 1 amide bonds. The van der Waals surface area contributed by atoms with Crippen LogP contribution < -0.4 is 4.74 Å². The molecule has 2 heterocycles. The van der Waals surface area contributed by atoms with E-state index < -0.39 is 0 Å². The first-order chi connectivity index (χ1) is 9.70. The lowest BCUT2D eigenvalue weighted by molar-refractivity contribution is 0.0682. The number of amides is 1. The smallest absolute Gasteiger partial charge is 0.264 e. The number of nitrogens with zero attached hydrogens (tertiary/aromatic N) is 1. The largest absolute Gasteiger partial charge is 0.497 e. The quantitative estimate of drug-likeness (QED) is 0.846. The molecule has 0 spiro atoms. The van der Waals surface area contributed by atoms with Gasteiger partial charge in [0.15, 0.2) is 0 Å². The van der Waals surface area contributed by atoms with Gasteiger partial charge in [0.2, 0.25) is 0 Å². The zero-order chi connectivity index (χ0) is 14.1. The van der Waals surface area contributed by atoms with E-state index in [1.807, 2.05) is 34.5 Å². The Hall–Kier alpha value is -1.81. The minimum atomic E-state index is 0.0865. The van der Waals surface area contributed by atoms with Crippen molar-refractivity contribution in [1.29, 1.82) is 0 Å². The molecular formula is C16H17NO2S. The van der Waals surface area contributed by atoms with Gasteiger partial charge < -0.3 is 9.64 Å². The maximum atomic E-state index is 12.5. The van der Waals surface area contributed by atoms with Crippen LogP contribution in [0.5, 0.6) is 5.75 Å². The molecule has 1 aromatic heterocycles. The Bertz CT molecular complexity index is 621. The molecule has 2 aromatic rings. The summed E-state index contributed by atoms with van der Waals surface area (Å²) in [4.78, 5) is 15.3. The van der Waals surface area contributed by atoms with Crippen LogP contribution in [-0.2, 0) is 6.42 Å². The number of carbonyl (C=O) groups is 1. The third-order valence-corrected chi connectivity index (χ3v) is 4.74.